The van der Waals surface area contributed by atoms with Crippen LogP contribution in [0.25, 0.3) is 0 Å². The minimum atomic E-state index is 0.547. The first-order chi connectivity index (χ1) is 8.40. The van der Waals surface area contributed by atoms with E-state index in [-0.39, 0.29) is 0 Å². The molecule has 1 atom stereocenters. The van der Waals surface area contributed by atoms with Crippen molar-refractivity contribution >= 4 is 11.3 Å². The molecule has 1 heterocycles. The fraction of sp³-hybridized carbons (Fsp3) is 0.786. The number of nitrogens with zero attached hydrogens (tertiary/aromatic N) is 1. The Labute approximate surface area is 109 Å². The van der Waals surface area contributed by atoms with Crippen LogP contribution < -0.4 is 5.32 Å². The van der Waals surface area contributed by atoms with E-state index in [0.717, 1.165) is 12.5 Å². The summed E-state index contributed by atoms with van der Waals surface area (Å²) in [6.07, 6.45) is 11.8. The number of nitrogens with one attached hydrogen (secondary N) is 1. The standard InChI is InChI=1S/C14H24N2S/c1-2-8-16-13(14-10-15-11-17-14)9-12-6-4-3-5-7-12/h10-13,16H,2-9H2,1H3. The second-order valence-electron chi connectivity index (χ2n) is 5.15. The minimum Gasteiger partial charge on any atom is -0.309 e. The average molecular weight is 252 g/mol. The van der Waals surface area contributed by atoms with E-state index in [0.29, 0.717) is 6.04 Å². The van der Waals surface area contributed by atoms with Gasteiger partial charge in [0.1, 0.15) is 0 Å². The van der Waals surface area contributed by atoms with Gasteiger partial charge in [0.15, 0.2) is 0 Å². The lowest BCUT2D eigenvalue weighted by atomic mass is 9.84. The van der Waals surface area contributed by atoms with Gasteiger partial charge in [0, 0.05) is 17.1 Å². The molecule has 96 valence electrons. The molecule has 0 bridgehead atoms. The molecular weight excluding hydrogens is 228 g/mol. The Hall–Kier alpha value is -0.410. The van der Waals surface area contributed by atoms with Crippen molar-refractivity contribution in [3.63, 3.8) is 0 Å². The number of rotatable bonds is 6. The molecule has 0 aliphatic heterocycles. The molecule has 0 spiro atoms. The Bertz CT molecular complexity index is 291. The molecule has 1 fully saturated rings. The maximum Gasteiger partial charge on any atom is 0.0794 e. The third kappa shape index (κ3) is 4.07. The summed E-state index contributed by atoms with van der Waals surface area (Å²) in [4.78, 5) is 5.64. The SMILES string of the molecule is CCCNC(CC1CCCCC1)c1cncs1. The molecule has 1 saturated carbocycles. The van der Waals surface area contributed by atoms with Gasteiger partial charge in [-0.1, -0.05) is 39.0 Å². The zero-order valence-electron chi connectivity index (χ0n) is 10.8. The maximum atomic E-state index is 4.22. The Morgan fingerprint density at radius 3 is 2.88 bits per heavy atom. The zero-order chi connectivity index (χ0) is 11.9. The lowest BCUT2D eigenvalue weighted by molar-refractivity contribution is 0.301. The summed E-state index contributed by atoms with van der Waals surface area (Å²) in [6, 6.07) is 0.547. The average Bonchev–Trinajstić information content (AvgIpc) is 2.89. The zero-order valence-corrected chi connectivity index (χ0v) is 11.6. The molecule has 17 heavy (non-hydrogen) atoms. The third-order valence-electron chi connectivity index (χ3n) is 3.73. The van der Waals surface area contributed by atoms with Gasteiger partial charge in [0.2, 0.25) is 0 Å². The minimum absolute atomic E-state index is 0.547. The quantitative estimate of drug-likeness (QED) is 0.822. The molecule has 0 amide bonds. The highest BCUT2D eigenvalue weighted by atomic mass is 32.1. The summed E-state index contributed by atoms with van der Waals surface area (Å²) < 4.78 is 0. The highest BCUT2D eigenvalue weighted by Crippen LogP contribution is 2.32. The summed E-state index contributed by atoms with van der Waals surface area (Å²) in [5, 5.41) is 3.69. The summed E-state index contributed by atoms with van der Waals surface area (Å²) in [7, 11) is 0. The van der Waals surface area contributed by atoms with Crippen LogP contribution in [0.5, 0.6) is 0 Å². The van der Waals surface area contributed by atoms with E-state index in [2.05, 4.69) is 17.2 Å². The lowest BCUT2D eigenvalue weighted by Crippen LogP contribution is -2.24. The molecular formula is C14H24N2S. The second kappa shape index (κ2) is 7.12. The van der Waals surface area contributed by atoms with Crippen LogP contribution in [-0.4, -0.2) is 11.5 Å². The Morgan fingerprint density at radius 1 is 1.41 bits per heavy atom. The molecule has 1 aliphatic rings. The van der Waals surface area contributed by atoms with Gasteiger partial charge in [0.05, 0.1) is 5.51 Å². The summed E-state index contributed by atoms with van der Waals surface area (Å²) >= 11 is 1.80. The van der Waals surface area contributed by atoms with Gasteiger partial charge in [-0.05, 0) is 25.3 Å². The van der Waals surface area contributed by atoms with E-state index in [1.54, 1.807) is 11.3 Å². The molecule has 0 radical (unpaired) electrons. The highest BCUT2D eigenvalue weighted by molar-refractivity contribution is 7.09. The molecule has 3 heteroatoms. The van der Waals surface area contributed by atoms with Crippen LogP contribution in [0.2, 0.25) is 0 Å². The lowest BCUT2D eigenvalue weighted by Gasteiger charge is -2.26. The van der Waals surface area contributed by atoms with E-state index < -0.39 is 0 Å². The fourth-order valence-electron chi connectivity index (χ4n) is 2.77. The van der Waals surface area contributed by atoms with Gasteiger partial charge < -0.3 is 5.32 Å². The van der Waals surface area contributed by atoms with Crippen LogP contribution in [-0.2, 0) is 0 Å². The number of hydrogen-bond donors (Lipinski definition) is 1. The van der Waals surface area contributed by atoms with Gasteiger partial charge in [-0.2, -0.15) is 0 Å². The molecule has 2 rings (SSSR count). The van der Waals surface area contributed by atoms with E-state index in [1.165, 1.54) is 49.8 Å². The molecule has 1 aromatic rings. The first-order valence-corrected chi connectivity index (χ1v) is 7.90. The van der Waals surface area contributed by atoms with Crippen LogP contribution >= 0.6 is 11.3 Å². The van der Waals surface area contributed by atoms with Crippen molar-refractivity contribution in [2.45, 2.75) is 57.9 Å². The number of aromatic nitrogens is 1. The van der Waals surface area contributed by atoms with E-state index in [1.807, 2.05) is 11.7 Å². The summed E-state index contributed by atoms with van der Waals surface area (Å²) in [6.45, 7) is 3.35. The van der Waals surface area contributed by atoms with Crippen LogP contribution in [0, 0.1) is 5.92 Å². The van der Waals surface area contributed by atoms with Crippen molar-refractivity contribution in [1.82, 2.24) is 10.3 Å². The number of hydrogen-bond acceptors (Lipinski definition) is 3. The van der Waals surface area contributed by atoms with Gasteiger partial charge in [0.25, 0.3) is 0 Å². The summed E-state index contributed by atoms with van der Waals surface area (Å²) in [5.41, 5.74) is 1.96. The molecule has 0 saturated heterocycles. The molecule has 1 aromatic heterocycles. The summed E-state index contributed by atoms with van der Waals surface area (Å²) in [5.74, 6) is 0.931. The third-order valence-corrected chi connectivity index (χ3v) is 4.62. The van der Waals surface area contributed by atoms with E-state index in [4.69, 9.17) is 0 Å². The highest BCUT2D eigenvalue weighted by Gasteiger charge is 2.20. The van der Waals surface area contributed by atoms with Crippen LogP contribution in [0.1, 0.15) is 62.8 Å². The van der Waals surface area contributed by atoms with Crippen molar-refractivity contribution in [3.8, 4) is 0 Å². The first kappa shape index (κ1) is 13.0. The monoisotopic (exact) mass is 252 g/mol. The molecule has 1 aliphatic carbocycles. The van der Waals surface area contributed by atoms with Crippen molar-refractivity contribution < 1.29 is 0 Å². The van der Waals surface area contributed by atoms with Crippen molar-refractivity contribution in [3.05, 3.63) is 16.6 Å². The topological polar surface area (TPSA) is 24.9 Å². The van der Waals surface area contributed by atoms with Gasteiger partial charge in [-0.15, -0.1) is 11.3 Å². The van der Waals surface area contributed by atoms with Gasteiger partial charge >= 0.3 is 0 Å². The fourth-order valence-corrected chi connectivity index (χ4v) is 3.48. The molecule has 2 nitrogen and oxygen atoms in total. The predicted molar refractivity (Wildman–Crippen MR) is 74.3 cm³/mol. The van der Waals surface area contributed by atoms with Crippen LogP contribution in [0.3, 0.4) is 0 Å². The largest absolute Gasteiger partial charge is 0.309 e. The Morgan fingerprint density at radius 2 is 2.24 bits per heavy atom. The van der Waals surface area contributed by atoms with E-state index in [9.17, 15) is 0 Å². The maximum absolute atomic E-state index is 4.22. The van der Waals surface area contributed by atoms with Crippen LogP contribution in [0.15, 0.2) is 11.7 Å². The smallest absolute Gasteiger partial charge is 0.0794 e. The molecule has 0 aromatic carbocycles. The van der Waals surface area contributed by atoms with E-state index >= 15 is 0 Å². The van der Waals surface area contributed by atoms with Crippen molar-refractivity contribution in [1.29, 1.82) is 0 Å². The molecule has 1 unspecified atom stereocenters. The van der Waals surface area contributed by atoms with Crippen molar-refractivity contribution in [2.24, 2.45) is 5.92 Å². The Kier molecular flexibility index (Phi) is 5.46. The second-order valence-corrected chi connectivity index (χ2v) is 6.07. The Balaban J connectivity index is 1.90. The predicted octanol–water partition coefficient (Wildman–Crippen LogP) is 4.15. The normalized spacial score (nSPS) is 19.4. The molecule has 1 N–H and O–H groups in total. The van der Waals surface area contributed by atoms with Crippen molar-refractivity contribution in [2.75, 3.05) is 6.54 Å². The first-order valence-electron chi connectivity index (χ1n) is 7.02. The van der Waals surface area contributed by atoms with Crippen LogP contribution in [0.4, 0.5) is 0 Å². The number of thiazole rings is 1. The van der Waals surface area contributed by atoms with Gasteiger partial charge in [-0.3, -0.25) is 4.98 Å². The van der Waals surface area contributed by atoms with Gasteiger partial charge in [-0.25, -0.2) is 0 Å².